The first-order valence-electron chi connectivity index (χ1n) is 20.3. The van der Waals surface area contributed by atoms with Gasteiger partial charge in [0.25, 0.3) is 0 Å². The van der Waals surface area contributed by atoms with Gasteiger partial charge in [-0.2, -0.15) is 0 Å². The van der Waals surface area contributed by atoms with Gasteiger partial charge in [-0.25, -0.2) is 0 Å². The second kappa shape index (κ2) is 14.6. The first-order chi connectivity index (χ1) is 29.2. The summed E-state index contributed by atoms with van der Waals surface area (Å²) in [4.78, 5) is 2.41. The Morgan fingerprint density at radius 1 is 0.203 bits per heavy atom. The average Bonchev–Trinajstić information content (AvgIpc) is 3.32. The van der Waals surface area contributed by atoms with Crippen molar-refractivity contribution in [2.24, 2.45) is 0 Å². The quantitative estimate of drug-likeness (QED) is 0.147. The van der Waals surface area contributed by atoms with Crippen molar-refractivity contribution in [2.75, 3.05) is 4.90 Å². The van der Waals surface area contributed by atoms with Gasteiger partial charge in [0.15, 0.2) is 0 Å². The molecule has 0 saturated heterocycles. The van der Waals surface area contributed by atoms with Gasteiger partial charge in [0, 0.05) is 17.1 Å². The van der Waals surface area contributed by atoms with Crippen LogP contribution in [0.4, 0.5) is 17.1 Å². The number of anilines is 3. The highest BCUT2D eigenvalue weighted by Crippen LogP contribution is 2.47. The molecule has 11 aromatic rings. The molecule has 0 amide bonds. The van der Waals surface area contributed by atoms with Crippen LogP contribution < -0.4 is 4.90 Å². The van der Waals surface area contributed by atoms with Crippen LogP contribution in [0.1, 0.15) is 0 Å². The van der Waals surface area contributed by atoms with Crippen LogP contribution in [0.15, 0.2) is 237 Å². The maximum atomic E-state index is 2.41. The lowest BCUT2D eigenvalue weighted by molar-refractivity contribution is 1.29. The van der Waals surface area contributed by atoms with E-state index in [0.29, 0.717) is 0 Å². The second-order valence-electron chi connectivity index (χ2n) is 15.3. The first kappa shape index (κ1) is 34.5. The minimum Gasteiger partial charge on any atom is -0.310 e. The Bertz CT molecular complexity index is 3290. The fourth-order valence-electron chi connectivity index (χ4n) is 8.92. The smallest absolute Gasteiger partial charge is 0.0468 e. The fraction of sp³-hybridized carbons (Fsp3) is 0. The maximum absolute atomic E-state index is 2.41. The van der Waals surface area contributed by atoms with E-state index in [1.807, 2.05) is 0 Å². The summed E-state index contributed by atoms with van der Waals surface area (Å²) in [5.74, 6) is 0. The monoisotopic (exact) mass is 749 g/mol. The molecule has 0 radical (unpaired) electrons. The zero-order valence-corrected chi connectivity index (χ0v) is 32.5. The van der Waals surface area contributed by atoms with E-state index in [2.05, 4.69) is 241 Å². The van der Waals surface area contributed by atoms with E-state index in [1.165, 1.54) is 87.6 Å². The lowest BCUT2D eigenvalue weighted by Crippen LogP contribution is -2.10. The van der Waals surface area contributed by atoms with Crippen molar-refractivity contribution < 1.29 is 0 Å². The van der Waals surface area contributed by atoms with Crippen LogP contribution in [0.5, 0.6) is 0 Å². The van der Waals surface area contributed by atoms with Gasteiger partial charge in [0.05, 0.1) is 0 Å². The standard InChI is InChI=1S/C58H39N/c1-3-15-45(16-4-1)57-55-22-12-11-21-53(55)54-36-35-52(39-56(54)58(57)46-17-5-2-6-18-46)59(51-34-31-41-14-8-10-20-48(41)38-51)50-32-29-43(30-33-50)42-23-25-44(26-24-42)49-28-27-40-13-7-9-19-47(40)37-49/h1-39H. The highest BCUT2D eigenvalue weighted by atomic mass is 15.1. The Hall–Kier alpha value is -7.74. The van der Waals surface area contributed by atoms with Gasteiger partial charge >= 0.3 is 0 Å². The Kier molecular flexibility index (Phi) is 8.56. The Morgan fingerprint density at radius 2 is 0.610 bits per heavy atom. The van der Waals surface area contributed by atoms with Crippen molar-refractivity contribution in [1.29, 1.82) is 0 Å². The summed E-state index contributed by atoms with van der Waals surface area (Å²) in [5.41, 5.74) is 13.0. The minimum atomic E-state index is 1.10. The van der Waals surface area contributed by atoms with Crippen molar-refractivity contribution in [3.05, 3.63) is 237 Å². The molecule has 0 aromatic heterocycles. The van der Waals surface area contributed by atoms with Gasteiger partial charge in [-0.1, -0.05) is 194 Å². The lowest BCUT2D eigenvalue weighted by atomic mass is 9.85. The molecule has 0 bridgehead atoms. The average molecular weight is 750 g/mol. The third-order valence-electron chi connectivity index (χ3n) is 11.8. The molecule has 0 heterocycles. The number of hydrogen-bond acceptors (Lipinski definition) is 1. The molecule has 276 valence electrons. The molecule has 0 aliphatic carbocycles. The zero-order valence-electron chi connectivity index (χ0n) is 32.5. The number of fused-ring (bicyclic) bond motifs is 5. The molecule has 11 rings (SSSR count). The highest BCUT2D eigenvalue weighted by molar-refractivity contribution is 6.22. The molecule has 1 heteroatoms. The van der Waals surface area contributed by atoms with Gasteiger partial charge in [0.1, 0.15) is 0 Å². The normalized spacial score (nSPS) is 11.4. The summed E-state index contributed by atoms with van der Waals surface area (Å²) >= 11 is 0. The van der Waals surface area contributed by atoms with Gasteiger partial charge in [-0.3, -0.25) is 0 Å². The van der Waals surface area contributed by atoms with Crippen molar-refractivity contribution in [2.45, 2.75) is 0 Å². The number of benzene rings is 11. The van der Waals surface area contributed by atoms with Crippen LogP contribution in [-0.2, 0) is 0 Å². The summed E-state index contributed by atoms with van der Waals surface area (Å²) in [7, 11) is 0. The summed E-state index contributed by atoms with van der Waals surface area (Å²) in [6, 6.07) is 86.3. The number of rotatable bonds is 7. The molecule has 0 spiro atoms. The van der Waals surface area contributed by atoms with Gasteiger partial charge in [-0.05, 0) is 130 Å². The topological polar surface area (TPSA) is 3.24 Å². The van der Waals surface area contributed by atoms with Crippen LogP contribution in [-0.4, -0.2) is 0 Å². The second-order valence-corrected chi connectivity index (χ2v) is 15.3. The van der Waals surface area contributed by atoms with Crippen LogP contribution in [0.25, 0.3) is 87.6 Å². The molecule has 0 aliphatic heterocycles. The third-order valence-corrected chi connectivity index (χ3v) is 11.8. The fourth-order valence-corrected chi connectivity index (χ4v) is 8.92. The van der Waals surface area contributed by atoms with E-state index in [4.69, 9.17) is 0 Å². The van der Waals surface area contributed by atoms with Crippen LogP contribution in [0.2, 0.25) is 0 Å². The first-order valence-corrected chi connectivity index (χ1v) is 20.3. The molecule has 0 aliphatic rings. The molecular weight excluding hydrogens is 711 g/mol. The van der Waals surface area contributed by atoms with Gasteiger partial charge < -0.3 is 4.90 Å². The third kappa shape index (κ3) is 6.30. The van der Waals surface area contributed by atoms with Gasteiger partial charge in [-0.15, -0.1) is 0 Å². The van der Waals surface area contributed by atoms with Crippen molar-refractivity contribution in [1.82, 2.24) is 0 Å². The Labute approximate surface area is 344 Å². The summed E-state index contributed by atoms with van der Waals surface area (Å²) in [5, 5.41) is 9.92. The lowest BCUT2D eigenvalue weighted by Gasteiger charge is -2.27. The van der Waals surface area contributed by atoms with E-state index in [0.717, 1.165) is 17.1 Å². The summed E-state index contributed by atoms with van der Waals surface area (Å²) in [6.07, 6.45) is 0. The van der Waals surface area contributed by atoms with E-state index in [-0.39, 0.29) is 0 Å². The predicted octanol–water partition coefficient (Wildman–Crippen LogP) is 16.4. The molecule has 0 saturated carbocycles. The predicted molar refractivity (Wildman–Crippen MR) is 253 cm³/mol. The maximum Gasteiger partial charge on any atom is 0.0468 e. The Morgan fingerprint density at radius 3 is 1.25 bits per heavy atom. The molecule has 0 atom stereocenters. The molecule has 11 aromatic carbocycles. The molecular formula is C58H39N. The Balaban J connectivity index is 1.06. The number of hydrogen-bond donors (Lipinski definition) is 0. The van der Waals surface area contributed by atoms with Crippen LogP contribution >= 0.6 is 0 Å². The van der Waals surface area contributed by atoms with E-state index >= 15 is 0 Å². The minimum absolute atomic E-state index is 1.10. The van der Waals surface area contributed by atoms with E-state index < -0.39 is 0 Å². The molecule has 59 heavy (non-hydrogen) atoms. The van der Waals surface area contributed by atoms with Gasteiger partial charge in [0.2, 0.25) is 0 Å². The largest absolute Gasteiger partial charge is 0.310 e. The molecule has 0 unspecified atom stereocenters. The molecule has 1 nitrogen and oxygen atoms in total. The number of nitrogens with zero attached hydrogens (tertiary/aromatic N) is 1. The zero-order chi connectivity index (χ0) is 39.1. The van der Waals surface area contributed by atoms with Crippen molar-refractivity contribution in [3.63, 3.8) is 0 Å². The molecule has 0 fully saturated rings. The summed E-state index contributed by atoms with van der Waals surface area (Å²) in [6.45, 7) is 0. The van der Waals surface area contributed by atoms with E-state index in [9.17, 15) is 0 Å². The van der Waals surface area contributed by atoms with Crippen molar-refractivity contribution >= 4 is 60.2 Å². The highest BCUT2D eigenvalue weighted by Gasteiger charge is 2.20. The summed E-state index contributed by atoms with van der Waals surface area (Å²) < 4.78 is 0. The van der Waals surface area contributed by atoms with Crippen LogP contribution in [0, 0.1) is 0 Å². The van der Waals surface area contributed by atoms with E-state index in [1.54, 1.807) is 0 Å². The SMILES string of the molecule is c1ccc(-c2c(-c3ccccc3)c3cc(N(c4ccc(-c5ccc(-c6ccc7ccccc7c6)cc5)cc4)c4ccc5ccccc5c4)ccc3c3ccccc23)cc1. The van der Waals surface area contributed by atoms with Crippen molar-refractivity contribution in [3.8, 4) is 44.5 Å². The molecule has 0 N–H and O–H groups in total. The van der Waals surface area contributed by atoms with Crippen LogP contribution in [0.3, 0.4) is 0 Å².